The summed E-state index contributed by atoms with van der Waals surface area (Å²) in [5.41, 5.74) is 0.766. The second-order valence-electron chi connectivity index (χ2n) is 9.21. The van der Waals surface area contributed by atoms with Crippen molar-refractivity contribution < 1.29 is 37.0 Å². The number of nitrogens with one attached hydrogen (secondary N) is 2. The van der Waals surface area contributed by atoms with Crippen molar-refractivity contribution in [3.63, 3.8) is 0 Å². The molecule has 0 aliphatic rings. The number of carboxylic acids is 1. The number of amides is 2. The number of urea groups is 1. The lowest BCUT2D eigenvalue weighted by Gasteiger charge is -2.36. The summed E-state index contributed by atoms with van der Waals surface area (Å²) < 4.78 is 58.6. The van der Waals surface area contributed by atoms with E-state index < -0.39 is 35.8 Å². The molecule has 3 N–H and O–H groups in total. The number of alkyl halides is 5. The molecule has 0 bridgehead atoms. The summed E-state index contributed by atoms with van der Waals surface area (Å²) in [5, 5.41) is 14.8. The molecule has 218 valence electrons. The molecule has 3 aromatic carbocycles. The number of rotatable bonds is 11. The molecule has 0 saturated carbocycles. The quantitative estimate of drug-likeness (QED) is 0.0873. The molecular weight excluding hydrogens is 669 g/mol. The lowest BCUT2D eigenvalue weighted by Crippen LogP contribution is -2.50. The third kappa shape index (κ3) is 7.35. The maximum Gasteiger partial charge on any atom is 0.461 e. The van der Waals surface area contributed by atoms with Crippen LogP contribution in [0.5, 0.6) is 5.75 Å². The van der Waals surface area contributed by atoms with Gasteiger partial charge < -0.3 is 20.5 Å². The van der Waals surface area contributed by atoms with Crippen LogP contribution in [0.25, 0.3) is 0 Å². The summed E-state index contributed by atoms with van der Waals surface area (Å²) in [4.78, 5) is 29.5. The summed E-state index contributed by atoms with van der Waals surface area (Å²) in [7, 11) is 0. The topological polar surface area (TPSA) is 101 Å². The van der Waals surface area contributed by atoms with Crippen molar-refractivity contribution in [2.75, 3.05) is 5.32 Å². The first-order valence-corrected chi connectivity index (χ1v) is 14.0. The van der Waals surface area contributed by atoms with Crippen LogP contribution < -0.4 is 15.4 Å². The second kappa shape index (κ2) is 13.2. The lowest BCUT2D eigenvalue weighted by atomic mass is 9.80. The molecule has 0 unspecified atom stereocenters. The molecule has 42 heavy (non-hydrogen) atoms. The molecule has 0 radical (unpaired) electrons. The van der Waals surface area contributed by atoms with Gasteiger partial charge in [-0.3, -0.25) is 4.98 Å². The molecule has 7 nitrogen and oxygen atoms in total. The van der Waals surface area contributed by atoms with Crippen LogP contribution in [-0.4, -0.2) is 34.6 Å². The van der Waals surface area contributed by atoms with Gasteiger partial charge in [0, 0.05) is 22.7 Å². The minimum atomic E-state index is -4.75. The molecule has 4 aromatic rings. The molecule has 2 amide bonds. The highest BCUT2D eigenvalue weighted by Gasteiger charge is 2.44. The lowest BCUT2D eigenvalue weighted by molar-refractivity contribution is -0.253. The number of carboxylic acid groups (broad SMARTS) is 1. The average molecular weight is 693 g/mol. The molecule has 12 heteroatoms. The number of anilines is 1. The highest BCUT2D eigenvalue weighted by atomic mass is 127. The predicted molar refractivity (Wildman–Crippen MR) is 156 cm³/mol. The number of carbonyl (C=O) groups excluding carboxylic acids is 1. The molecule has 0 aliphatic heterocycles. The standard InChI is InChI=1S/C30H24F4IN3O4/c31-27(32)30(33,34)42-24-11-5-9-22(15-24)29(16-19-6-2-1-3-7-19,25-13-12-20(17-35)18-36-25)38-28(41)37-23-10-4-8-21(14-23)26(39)40/h1-15,18,27H,16-17H2,(H,39,40)(H2,37,38,41)/t29-/m0/s1. The smallest absolute Gasteiger partial charge is 0.461 e. The van der Waals surface area contributed by atoms with E-state index in [2.05, 4.69) is 42.9 Å². The summed E-state index contributed by atoms with van der Waals surface area (Å²) in [6.07, 6.45) is -7.13. The number of carbonyl (C=O) groups is 2. The van der Waals surface area contributed by atoms with Crippen molar-refractivity contribution in [1.29, 1.82) is 0 Å². The van der Waals surface area contributed by atoms with Gasteiger partial charge in [-0.25, -0.2) is 9.59 Å². The fraction of sp³-hybridized carbons (Fsp3) is 0.167. The Morgan fingerprint density at radius 1 is 0.929 bits per heavy atom. The minimum Gasteiger partial charge on any atom is -0.478 e. The number of pyridine rings is 1. The maximum absolute atomic E-state index is 13.8. The normalized spacial score (nSPS) is 12.8. The Bertz CT molecular complexity index is 1540. The molecule has 1 atom stereocenters. The largest absolute Gasteiger partial charge is 0.478 e. The monoisotopic (exact) mass is 693 g/mol. The van der Waals surface area contributed by atoms with Gasteiger partial charge in [0.15, 0.2) is 0 Å². The van der Waals surface area contributed by atoms with E-state index in [-0.39, 0.29) is 23.2 Å². The van der Waals surface area contributed by atoms with E-state index in [0.717, 1.165) is 23.3 Å². The number of aromatic nitrogens is 1. The Morgan fingerprint density at radius 3 is 2.31 bits per heavy atom. The number of ether oxygens (including phenoxy) is 1. The zero-order valence-electron chi connectivity index (χ0n) is 21.7. The van der Waals surface area contributed by atoms with Gasteiger partial charge >= 0.3 is 24.5 Å². The molecule has 0 aliphatic carbocycles. The summed E-state index contributed by atoms with van der Waals surface area (Å²) in [5.74, 6) is -1.73. The number of aromatic carboxylic acids is 1. The van der Waals surface area contributed by atoms with Crippen molar-refractivity contribution in [2.45, 2.75) is 28.9 Å². The zero-order chi connectivity index (χ0) is 30.3. The van der Waals surface area contributed by atoms with Crippen LogP contribution >= 0.6 is 22.6 Å². The van der Waals surface area contributed by atoms with Gasteiger partial charge in [0.2, 0.25) is 0 Å². The Morgan fingerprint density at radius 2 is 1.67 bits per heavy atom. The number of hydrogen-bond donors (Lipinski definition) is 3. The predicted octanol–water partition coefficient (Wildman–Crippen LogP) is 7.26. The summed E-state index contributed by atoms with van der Waals surface area (Å²) in [6, 6.07) is 22.4. The molecule has 4 rings (SSSR count). The summed E-state index contributed by atoms with van der Waals surface area (Å²) in [6.45, 7) is 0. The fourth-order valence-electron chi connectivity index (χ4n) is 4.29. The van der Waals surface area contributed by atoms with E-state index in [0.29, 0.717) is 10.1 Å². The van der Waals surface area contributed by atoms with E-state index in [1.165, 1.54) is 36.4 Å². The Balaban J connectivity index is 1.85. The van der Waals surface area contributed by atoms with E-state index >= 15 is 0 Å². The Kier molecular flexibility index (Phi) is 9.66. The number of benzene rings is 3. The molecule has 0 saturated heterocycles. The molecular formula is C30H24F4IN3O4. The maximum atomic E-state index is 13.8. The van der Waals surface area contributed by atoms with Gasteiger partial charge in [0.25, 0.3) is 0 Å². The van der Waals surface area contributed by atoms with E-state index in [9.17, 15) is 32.3 Å². The van der Waals surface area contributed by atoms with Gasteiger partial charge in [-0.2, -0.15) is 17.6 Å². The Labute approximate surface area is 252 Å². The van der Waals surface area contributed by atoms with Crippen molar-refractivity contribution >= 4 is 40.3 Å². The van der Waals surface area contributed by atoms with Crippen molar-refractivity contribution in [2.24, 2.45) is 0 Å². The van der Waals surface area contributed by atoms with Crippen LogP contribution in [0.1, 0.15) is 32.7 Å². The number of hydrogen-bond acceptors (Lipinski definition) is 4. The van der Waals surface area contributed by atoms with Crippen LogP contribution in [0.4, 0.5) is 28.0 Å². The second-order valence-corrected chi connectivity index (χ2v) is 9.97. The van der Waals surface area contributed by atoms with E-state index in [4.69, 9.17) is 0 Å². The van der Waals surface area contributed by atoms with Crippen molar-refractivity contribution in [3.05, 3.63) is 125 Å². The Hall–Kier alpha value is -4.20. The zero-order valence-corrected chi connectivity index (χ0v) is 23.9. The van der Waals surface area contributed by atoms with E-state index in [1.54, 1.807) is 48.7 Å². The fourth-order valence-corrected chi connectivity index (χ4v) is 4.74. The van der Waals surface area contributed by atoms with Gasteiger partial charge in [-0.05, 0) is 53.1 Å². The van der Waals surface area contributed by atoms with Gasteiger partial charge in [0.05, 0.1) is 11.3 Å². The minimum absolute atomic E-state index is 0.0517. The SMILES string of the molecule is O=C(Nc1cccc(C(=O)O)c1)N[C@@](Cc1ccccc1)(c1cccc(OC(F)(F)C(F)F)c1)c1ccc(CI)cn1. The highest BCUT2D eigenvalue weighted by molar-refractivity contribution is 14.1. The van der Waals surface area contributed by atoms with Crippen LogP contribution in [0, 0.1) is 0 Å². The van der Waals surface area contributed by atoms with Crippen molar-refractivity contribution in [1.82, 2.24) is 10.3 Å². The van der Waals surface area contributed by atoms with Crippen LogP contribution in [-0.2, 0) is 16.4 Å². The van der Waals surface area contributed by atoms with Crippen LogP contribution in [0.15, 0.2) is 97.2 Å². The molecule has 0 fully saturated rings. The molecule has 1 aromatic heterocycles. The third-order valence-corrected chi connectivity index (χ3v) is 7.14. The van der Waals surface area contributed by atoms with Crippen molar-refractivity contribution in [3.8, 4) is 5.75 Å². The summed E-state index contributed by atoms with van der Waals surface area (Å²) >= 11 is 2.17. The number of nitrogens with zero attached hydrogens (tertiary/aromatic N) is 1. The first-order chi connectivity index (χ1) is 20.0. The first-order valence-electron chi connectivity index (χ1n) is 12.5. The first kappa shape index (κ1) is 30.8. The van der Waals surface area contributed by atoms with E-state index in [1.807, 2.05) is 0 Å². The molecule has 0 spiro atoms. The van der Waals surface area contributed by atoms with Gasteiger partial charge in [-0.15, -0.1) is 0 Å². The number of halogens is 5. The van der Waals surface area contributed by atoms with Gasteiger partial charge in [0.1, 0.15) is 11.3 Å². The average Bonchev–Trinajstić information content (AvgIpc) is 2.97. The highest BCUT2D eigenvalue weighted by Crippen LogP contribution is 2.36. The van der Waals surface area contributed by atoms with Gasteiger partial charge in [-0.1, -0.05) is 77.2 Å². The van der Waals surface area contributed by atoms with Crippen LogP contribution in [0.2, 0.25) is 0 Å². The van der Waals surface area contributed by atoms with Crippen LogP contribution in [0.3, 0.4) is 0 Å². The third-order valence-electron chi connectivity index (χ3n) is 6.26. The molecule has 1 heterocycles.